The van der Waals surface area contributed by atoms with Crippen molar-refractivity contribution in [1.82, 2.24) is 5.32 Å². The van der Waals surface area contributed by atoms with Crippen LogP contribution < -0.4 is 10.2 Å². The van der Waals surface area contributed by atoms with Crippen LogP contribution in [0.15, 0.2) is 76.5 Å². The van der Waals surface area contributed by atoms with Crippen LogP contribution in [0.2, 0.25) is 5.02 Å². The molecule has 4 nitrogen and oxygen atoms in total. The van der Waals surface area contributed by atoms with Crippen LogP contribution in [-0.2, 0) is 0 Å². The number of halogens is 1. The first-order chi connectivity index (χ1) is 13.9. The van der Waals surface area contributed by atoms with Crippen LogP contribution in [-0.4, -0.2) is 18.9 Å². The molecule has 0 saturated heterocycles. The van der Waals surface area contributed by atoms with Crippen LogP contribution in [0.3, 0.4) is 0 Å². The molecule has 6 heteroatoms. The van der Waals surface area contributed by atoms with E-state index >= 15 is 0 Å². The molecule has 0 saturated carbocycles. The Morgan fingerprint density at radius 1 is 1.03 bits per heavy atom. The summed E-state index contributed by atoms with van der Waals surface area (Å²) >= 11 is 7.47. The fourth-order valence-electron chi connectivity index (χ4n) is 3.26. The summed E-state index contributed by atoms with van der Waals surface area (Å²) in [5, 5.41) is 3.66. The lowest BCUT2D eigenvalue weighted by molar-refractivity contribution is 0.0937. The quantitative estimate of drug-likeness (QED) is 0.600. The lowest BCUT2D eigenvalue weighted by Crippen LogP contribution is -2.28. The average molecular weight is 423 g/mol. The van der Waals surface area contributed by atoms with Gasteiger partial charge in [0, 0.05) is 27.4 Å². The van der Waals surface area contributed by atoms with Crippen molar-refractivity contribution in [2.45, 2.75) is 22.8 Å². The molecule has 1 N–H and O–H groups in total. The third-order valence-electron chi connectivity index (χ3n) is 4.94. The highest BCUT2D eigenvalue weighted by Crippen LogP contribution is 2.41. The molecule has 4 rings (SSSR count). The van der Waals surface area contributed by atoms with Crippen molar-refractivity contribution >= 4 is 40.9 Å². The summed E-state index contributed by atoms with van der Waals surface area (Å²) in [6.45, 7) is 1.92. The number of hydrogen-bond acceptors (Lipinski definition) is 3. The van der Waals surface area contributed by atoms with Crippen LogP contribution in [0.1, 0.15) is 39.2 Å². The van der Waals surface area contributed by atoms with E-state index in [1.807, 2.05) is 49.4 Å². The van der Waals surface area contributed by atoms with E-state index in [4.69, 9.17) is 11.6 Å². The number of amides is 2. The fraction of sp³-hybridized carbons (Fsp3) is 0.130. The number of nitrogens with one attached hydrogen (secondary N) is 1. The molecule has 1 aliphatic rings. The molecule has 0 bridgehead atoms. The zero-order valence-electron chi connectivity index (χ0n) is 16.0. The Balaban J connectivity index is 1.60. The second-order valence-electron chi connectivity index (χ2n) is 6.89. The van der Waals surface area contributed by atoms with E-state index in [0.29, 0.717) is 16.1 Å². The minimum atomic E-state index is -0.192. The van der Waals surface area contributed by atoms with Gasteiger partial charge in [0.15, 0.2) is 0 Å². The maximum atomic E-state index is 12.9. The number of hydrogen-bond donors (Lipinski definition) is 1. The van der Waals surface area contributed by atoms with Gasteiger partial charge in [0.1, 0.15) is 0 Å². The molecule has 0 fully saturated rings. The molecular weight excluding hydrogens is 404 g/mol. The molecule has 3 aromatic rings. The van der Waals surface area contributed by atoms with Crippen LogP contribution in [0.5, 0.6) is 0 Å². The number of fused-ring (bicyclic) bond motifs is 2. The van der Waals surface area contributed by atoms with E-state index in [0.717, 1.165) is 21.0 Å². The van der Waals surface area contributed by atoms with Gasteiger partial charge >= 0.3 is 0 Å². The van der Waals surface area contributed by atoms with Gasteiger partial charge in [-0.2, -0.15) is 0 Å². The summed E-state index contributed by atoms with van der Waals surface area (Å²) in [4.78, 5) is 29.2. The highest BCUT2D eigenvalue weighted by Gasteiger charge is 2.25. The van der Waals surface area contributed by atoms with Crippen molar-refractivity contribution < 1.29 is 9.59 Å². The van der Waals surface area contributed by atoms with Gasteiger partial charge in [-0.15, -0.1) is 0 Å². The van der Waals surface area contributed by atoms with Gasteiger partial charge in [0.05, 0.1) is 17.3 Å². The second kappa shape index (κ2) is 7.93. The number of rotatable bonds is 3. The van der Waals surface area contributed by atoms with E-state index < -0.39 is 0 Å². The van der Waals surface area contributed by atoms with Gasteiger partial charge in [0.25, 0.3) is 11.8 Å². The average Bonchev–Trinajstić information content (AvgIpc) is 2.83. The highest BCUT2D eigenvalue weighted by atomic mass is 35.5. The molecule has 1 heterocycles. The van der Waals surface area contributed by atoms with Gasteiger partial charge in [-0.05, 0) is 55.0 Å². The summed E-state index contributed by atoms with van der Waals surface area (Å²) in [5.41, 5.74) is 2.87. The molecule has 0 aromatic heterocycles. The molecule has 3 aromatic carbocycles. The van der Waals surface area contributed by atoms with Crippen LogP contribution >= 0.6 is 23.4 Å². The predicted molar refractivity (Wildman–Crippen MR) is 117 cm³/mol. The van der Waals surface area contributed by atoms with Gasteiger partial charge in [-0.3, -0.25) is 9.59 Å². The number of nitrogens with zero attached hydrogens (tertiary/aromatic N) is 1. The van der Waals surface area contributed by atoms with Gasteiger partial charge < -0.3 is 10.2 Å². The van der Waals surface area contributed by atoms with Gasteiger partial charge in [-0.25, -0.2) is 0 Å². The Labute approximate surface area is 178 Å². The molecular formula is C23H19ClN2O2S. The first-order valence-electron chi connectivity index (χ1n) is 9.19. The van der Waals surface area contributed by atoms with Crippen molar-refractivity contribution in [2.24, 2.45) is 0 Å². The van der Waals surface area contributed by atoms with Crippen molar-refractivity contribution in [2.75, 3.05) is 11.9 Å². The molecule has 0 aliphatic carbocycles. The summed E-state index contributed by atoms with van der Waals surface area (Å²) < 4.78 is 0. The smallest absolute Gasteiger partial charge is 0.259 e. The summed E-state index contributed by atoms with van der Waals surface area (Å²) in [7, 11) is 1.74. The first kappa shape index (κ1) is 19.6. The molecule has 1 aliphatic heterocycles. The number of carbonyl (C=O) groups excluding carboxylic acids is 2. The van der Waals surface area contributed by atoms with Crippen LogP contribution in [0, 0.1) is 0 Å². The first-order valence-corrected chi connectivity index (χ1v) is 10.4. The van der Waals surface area contributed by atoms with Crippen LogP contribution in [0.25, 0.3) is 0 Å². The monoisotopic (exact) mass is 422 g/mol. The Kier molecular flexibility index (Phi) is 5.35. The Bertz CT molecular complexity index is 1100. The summed E-state index contributed by atoms with van der Waals surface area (Å²) in [5.74, 6) is -0.276. The highest BCUT2D eigenvalue weighted by molar-refractivity contribution is 7.99. The second-order valence-corrected chi connectivity index (χ2v) is 8.41. The van der Waals surface area contributed by atoms with E-state index in [9.17, 15) is 9.59 Å². The Morgan fingerprint density at radius 2 is 1.76 bits per heavy atom. The zero-order chi connectivity index (χ0) is 20.5. The normalized spacial score (nSPS) is 13.9. The Morgan fingerprint density at radius 3 is 2.52 bits per heavy atom. The molecule has 146 valence electrons. The van der Waals surface area contributed by atoms with E-state index in [1.54, 1.807) is 36.2 Å². The minimum absolute atomic E-state index is 0.0843. The van der Waals surface area contributed by atoms with E-state index in [-0.39, 0.29) is 17.9 Å². The SMILES string of the molecule is CC(NC(=O)c1ccc2c(c1)N(C)C(=O)c1ccccc1S2)c1ccc(Cl)cc1. The maximum absolute atomic E-state index is 12.9. The standard InChI is InChI=1S/C23H19ClN2O2S/c1-14(15-7-10-17(24)11-8-15)25-22(27)16-9-12-21-19(13-16)26(2)23(28)18-5-3-4-6-20(18)29-21/h3-14H,1-2H3,(H,25,27). The number of anilines is 1. The largest absolute Gasteiger partial charge is 0.346 e. The van der Waals surface area contributed by atoms with Gasteiger partial charge in [0.2, 0.25) is 0 Å². The molecule has 1 atom stereocenters. The molecule has 0 spiro atoms. The predicted octanol–water partition coefficient (Wildman–Crippen LogP) is 5.57. The van der Waals surface area contributed by atoms with Crippen molar-refractivity contribution in [3.05, 3.63) is 88.4 Å². The molecule has 1 unspecified atom stereocenters. The minimum Gasteiger partial charge on any atom is -0.346 e. The van der Waals surface area contributed by atoms with Crippen molar-refractivity contribution in [3.8, 4) is 0 Å². The lowest BCUT2D eigenvalue weighted by Gasteiger charge is -2.19. The molecule has 0 radical (unpaired) electrons. The zero-order valence-corrected chi connectivity index (χ0v) is 17.6. The maximum Gasteiger partial charge on any atom is 0.259 e. The summed E-state index contributed by atoms with van der Waals surface area (Å²) in [6, 6.07) is 20.2. The molecule has 29 heavy (non-hydrogen) atoms. The van der Waals surface area contributed by atoms with Crippen molar-refractivity contribution in [3.63, 3.8) is 0 Å². The Hall–Kier alpha value is -2.76. The van der Waals surface area contributed by atoms with Gasteiger partial charge in [-0.1, -0.05) is 47.6 Å². The number of carbonyl (C=O) groups is 2. The number of benzene rings is 3. The van der Waals surface area contributed by atoms with Crippen LogP contribution in [0.4, 0.5) is 5.69 Å². The third kappa shape index (κ3) is 3.88. The molecule has 2 amide bonds. The fourth-order valence-corrected chi connectivity index (χ4v) is 4.47. The topological polar surface area (TPSA) is 49.4 Å². The third-order valence-corrected chi connectivity index (χ3v) is 6.34. The van der Waals surface area contributed by atoms with E-state index in [1.165, 1.54) is 11.8 Å². The summed E-state index contributed by atoms with van der Waals surface area (Å²) in [6.07, 6.45) is 0. The lowest BCUT2D eigenvalue weighted by atomic mass is 10.1. The van der Waals surface area contributed by atoms with Crippen molar-refractivity contribution in [1.29, 1.82) is 0 Å². The van der Waals surface area contributed by atoms with E-state index in [2.05, 4.69) is 5.32 Å².